The molecule has 0 radical (unpaired) electrons. The Labute approximate surface area is 137 Å². The number of amides is 1. The zero-order valence-electron chi connectivity index (χ0n) is 12.5. The van der Waals surface area contributed by atoms with Crippen molar-refractivity contribution >= 4 is 24.0 Å². The molecular weight excluding hydrogens is 304 g/mol. The van der Waals surface area contributed by atoms with Crippen LogP contribution in [0, 0.1) is 5.92 Å². The first-order valence-electron chi connectivity index (χ1n) is 7.66. The minimum Gasteiger partial charge on any atom is -0.492 e. The third kappa shape index (κ3) is 5.16. The molecular formula is C16H23ClN2O3. The van der Waals surface area contributed by atoms with Gasteiger partial charge < -0.3 is 20.1 Å². The number of carbonyl (C=O) groups is 1. The second-order valence-electron chi connectivity index (χ2n) is 5.65. The maximum absolute atomic E-state index is 11.9. The van der Waals surface area contributed by atoms with Gasteiger partial charge >= 0.3 is 0 Å². The van der Waals surface area contributed by atoms with Crippen molar-refractivity contribution < 1.29 is 14.3 Å². The first kappa shape index (κ1) is 17.1. The summed E-state index contributed by atoms with van der Waals surface area (Å²) in [6.07, 6.45) is 3.39. The Bertz CT molecular complexity index is 471. The van der Waals surface area contributed by atoms with Crippen molar-refractivity contribution in [3.05, 3.63) is 24.3 Å². The van der Waals surface area contributed by atoms with Crippen LogP contribution in [0.2, 0.25) is 0 Å². The lowest BCUT2D eigenvalue weighted by Crippen LogP contribution is -2.23. The molecule has 22 heavy (non-hydrogen) atoms. The van der Waals surface area contributed by atoms with Crippen LogP contribution < -0.4 is 15.4 Å². The van der Waals surface area contributed by atoms with Gasteiger partial charge in [0.05, 0.1) is 12.5 Å². The van der Waals surface area contributed by atoms with Gasteiger partial charge in [-0.15, -0.1) is 12.4 Å². The van der Waals surface area contributed by atoms with E-state index in [0.717, 1.165) is 24.4 Å². The van der Waals surface area contributed by atoms with Gasteiger partial charge in [-0.2, -0.15) is 0 Å². The number of carbonyl (C=O) groups excluding carboxylic acids is 1. The molecule has 1 atom stereocenters. The smallest absolute Gasteiger partial charge is 0.229 e. The van der Waals surface area contributed by atoms with Crippen molar-refractivity contribution in [2.24, 2.45) is 5.92 Å². The van der Waals surface area contributed by atoms with Crippen molar-refractivity contribution in [3.8, 4) is 5.75 Å². The lowest BCUT2D eigenvalue weighted by atomic mass is 10.1. The largest absolute Gasteiger partial charge is 0.492 e. The first-order chi connectivity index (χ1) is 10.3. The van der Waals surface area contributed by atoms with Crippen molar-refractivity contribution in [2.75, 3.05) is 31.7 Å². The van der Waals surface area contributed by atoms with E-state index in [-0.39, 0.29) is 24.2 Å². The van der Waals surface area contributed by atoms with E-state index < -0.39 is 0 Å². The summed E-state index contributed by atoms with van der Waals surface area (Å²) in [6, 6.07) is 8.23. The fraction of sp³-hybridized carbons (Fsp3) is 0.562. The molecule has 1 saturated heterocycles. The molecule has 1 aromatic carbocycles. The highest BCUT2D eigenvalue weighted by Crippen LogP contribution is 2.19. The Morgan fingerprint density at radius 3 is 2.64 bits per heavy atom. The second-order valence-corrected chi connectivity index (χ2v) is 5.65. The van der Waals surface area contributed by atoms with Crippen LogP contribution in [-0.2, 0) is 9.53 Å². The quantitative estimate of drug-likeness (QED) is 0.754. The number of hydrogen-bond donors (Lipinski definition) is 2. The Morgan fingerprint density at radius 2 is 2.00 bits per heavy atom. The lowest BCUT2D eigenvalue weighted by Gasteiger charge is -2.11. The second kappa shape index (κ2) is 8.36. The van der Waals surface area contributed by atoms with Crippen LogP contribution in [-0.4, -0.2) is 38.3 Å². The SMILES string of the molecule is Cl.O=C(Nc1ccc(OCCNC2CC2)cc1)C1CCOC1. The van der Waals surface area contributed by atoms with E-state index in [1.165, 1.54) is 12.8 Å². The molecule has 6 heteroatoms. The number of nitrogens with one attached hydrogen (secondary N) is 2. The summed E-state index contributed by atoms with van der Waals surface area (Å²) in [5.41, 5.74) is 0.801. The molecule has 5 nitrogen and oxygen atoms in total. The standard InChI is InChI=1S/C16H22N2O3.ClH/c19-16(12-7-9-20-11-12)18-14-3-5-15(6-4-14)21-10-8-17-13-1-2-13;/h3-6,12-13,17H,1-2,7-11H2,(H,18,19);1H. The van der Waals surface area contributed by atoms with Crippen molar-refractivity contribution in [1.29, 1.82) is 0 Å². The number of ether oxygens (including phenoxy) is 2. The number of rotatable bonds is 7. The molecule has 1 unspecified atom stereocenters. The molecule has 1 aromatic rings. The van der Waals surface area contributed by atoms with Crippen LogP contribution in [0.5, 0.6) is 5.75 Å². The summed E-state index contributed by atoms with van der Waals surface area (Å²) in [5.74, 6) is 0.846. The number of halogens is 1. The maximum atomic E-state index is 11.9. The fourth-order valence-electron chi connectivity index (χ4n) is 2.34. The van der Waals surface area contributed by atoms with E-state index in [1.54, 1.807) is 0 Å². The first-order valence-corrected chi connectivity index (χ1v) is 7.66. The van der Waals surface area contributed by atoms with Gasteiger partial charge in [0.1, 0.15) is 12.4 Å². The Hall–Kier alpha value is -1.30. The molecule has 0 bridgehead atoms. The van der Waals surface area contributed by atoms with Crippen molar-refractivity contribution in [3.63, 3.8) is 0 Å². The van der Waals surface area contributed by atoms with E-state index >= 15 is 0 Å². The van der Waals surface area contributed by atoms with E-state index in [4.69, 9.17) is 9.47 Å². The van der Waals surface area contributed by atoms with Crippen LogP contribution in [0.25, 0.3) is 0 Å². The van der Waals surface area contributed by atoms with Gasteiger partial charge in [0.15, 0.2) is 0 Å². The molecule has 0 aromatic heterocycles. The molecule has 1 saturated carbocycles. The van der Waals surface area contributed by atoms with Crippen LogP contribution >= 0.6 is 12.4 Å². The highest BCUT2D eigenvalue weighted by molar-refractivity contribution is 5.92. The van der Waals surface area contributed by atoms with E-state index in [9.17, 15) is 4.79 Å². The zero-order chi connectivity index (χ0) is 14.5. The summed E-state index contributed by atoms with van der Waals surface area (Å²) in [5, 5.41) is 6.32. The molecule has 1 aliphatic heterocycles. The summed E-state index contributed by atoms with van der Waals surface area (Å²) in [7, 11) is 0. The van der Waals surface area contributed by atoms with E-state index in [2.05, 4.69) is 10.6 Å². The van der Waals surface area contributed by atoms with Crippen LogP contribution in [0.1, 0.15) is 19.3 Å². The number of hydrogen-bond acceptors (Lipinski definition) is 4. The summed E-state index contributed by atoms with van der Waals surface area (Å²) in [6.45, 7) is 2.76. The van der Waals surface area contributed by atoms with E-state index in [0.29, 0.717) is 25.9 Å². The molecule has 1 amide bonds. The molecule has 0 spiro atoms. The number of anilines is 1. The van der Waals surface area contributed by atoms with E-state index in [1.807, 2.05) is 24.3 Å². The van der Waals surface area contributed by atoms with Crippen LogP contribution in [0.3, 0.4) is 0 Å². The third-order valence-electron chi connectivity index (χ3n) is 3.80. The highest BCUT2D eigenvalue weighted by Gasteiger charge is 2.23. The molecule has 1 aliphatic carbocycles. The molecule has 3 rings (SSSR count). The van der Waals surface area contributed by atoms with Crippen molar-refractivity contribution in [1.82, 2.24) is 5.32 Å². The van der Waals surface area contributed by atoms with Gasteiger partial charge in [0.2, 0.25) is 5.91 Å². The topological polar surface area (TPSA) is 59.6 Å². The Morgan fingerprint density at radius 1 is 1.23 bits per heavy atom. The number of benzene rings is 1. The fourth-order valence-corrected chi connectivity index (χ4v) is 2.34. The Kier molecular flexibility index (Phi) is 6.49. The summed E-state index contributed by atoms with van der Waals surface area (Å²) in [4.78, 5) is 11.9. The molecule has 122 valence electrons. The average Bonchev–Trinajstić information content (AvgIpc) is 3.15. The third-order valence-corrected chi connectivity index (χ3v) is 3.80. The van der Waals surface area contributed by atoms with Crippen LogP contribution in [0.15, 0.2) is 24.3 Å². The molecule has 2 N–H and O–H groups in total. The predicted molar refractivity (Wildman–Crippen MR) is 87.8 cm³/mol. The average molecular weight is 327 g/mol. The normalized spacial score (nSPS) is 20.3. The van der Waals surface area contributed by atoms with Gasteiger partial charge in [0.25, 0.3) is 0 Å². The zero-order valence-corrected chi connectivity index (χ0v) is 13.4. The molecule has 1 heterocycles. The van der Waals surface area contributed by atoms with Gasteiger partial charge in [-0.1, -0.05) is 0 Å². The van der Waals surface area contributed by atoms with Crippen LogP contribution in [0.4, 0.5) is 5.69 Å². The lowest BCUT2D eigenvalue weighted by molar-refractivity contribution is -0.119. The maximum Gasteiger partial charge on any atom is 0.229 e. The van der Waals surface area contributed by atoms with Gasteiger partial charge in [-0.05, 0) is 43.5 Å². The van der Waals surface area contributed by atoms with Gasteiger partial charge in [-0.25, -0.2) is 0 Å². The van der Waals surface area contributed by atoms with Crippen molar-refractivity contribution in [2.45, 2.75) is 25.3 Å². The molecule has 2 aliphatic rings. The van der Waals surface area contributed by atoms with Gasteiger partial charge in [-0.3, -0.25) is 4.79 Å². The minimum atomic E-state index is -0.0191. The monoisotopic (exact) mass is 326 g/mol. The summed E-state index contributed by atoms with van der Waals surface area (Å²) >= 11 is 0. The van der Waals surface area contributed by atoms with Gasteiger partial charge in [0, 0.05) is 24.9 Å². The predicted octanol–water partition coefficient (Wildman–Crippen LogP) is 2.21. The Balaban J connectivity index is 0.00000176. The summed E-state index contributed by atoms with van der Waals surface area (Å²) < 4.78 is 10.9. The minimum absolute atomic E-state index is 0. The highest BCUT2D eigenvalue weighted by atomic mass is 35.5. The molecule has 2 fully saturated rings.